The van der Waals surface area contributed by atoms with Crippen LogP contribution in [0.2, 0.25) is 5.15 Å². The zero-order valence-corrected chi connectivity index (χ0v) is 11.2. The summed E-state index contributed by atoms with van der Waals surface area (Å²) in [5, 5.41) is 0.0432. The zero-order chi connectivity index (χ0) is 13.3. The highest BCUT2D eigenvalue weighted by Gasteiger charge is 2.08. The largest absolute Gasteiger partial charge is 0.294 e. The fraction of sp³-hybridized carbons (Fsp3) is 0.0909. The van der Waals surface area contributed by atoms with Crippen LogP contribution in [0, 0.1) is 11.6 Å². The maximum Gasteiger partial charge on any atom is 0.269 e. The molecule has 1 aromatic heterocycles. The van der Waals surface area contributed by atoms with Gasteiger partial charge in [0.2, 0.25) is 0 Å². The molecule has 2 aromatic rings. The van der Waals surface area contributed by atoms with Gasteiger partial charge in [-0.1, -0.05) is 11.6 Å². The Kier molecular flexibility index (Phi) is 3.77. The first-order valence-corrected chi connectivity index (χ1v) is 6.00. The number of nitrogens with zero attached hydrogens (tertiary/aromatic N) is 2. The number of aromatic nitrogens is 2. The Bertz CT molecular complexity index is 640. The predicted molar refractivity (Wildman–Crippen MR) is 66.7 cm³/mol. The van der Waals surface area contributed by atoms with Gasteiger partial charge in [0.15, 0.2) is 5.15 Å². The lowest BCUT2D eigenvalue weighted by Gasteiger charge is -2.06. The van der Waals surface area contributed by atoms with Gasteiger partial charge >= 0.3 is 0 Å². The van der Waals surface area contributed by atoms with E-state index in [1.165, 1.54) is 10.9 Å². The molecular formula is C11H6BrClF2N2O. The van der Waals surface area contributed by atoms with E-state index in [1.807, 2.05) is 0 Å². The monoisotopic (exact) mass is 334 g/mol. The van der Waals surface area contributed by atoms with Gasteiger partial charge in [-0.05, 0) is 33.6 Å². The molecule has 3 nitrogen and oxygen atoms in total. The fourth-order valence-electron chi connectivity index (χ4n) is 1.46. The average molecular weight is 336 g/mol. The molecule has 0 saturated carbocycles. The van der Waals surface area contributed by atoms with Crippen LogP contribution < -0.4 is 5.56 Å². The minimum atomic E-state index is -0.695. The third-order valence-corrected chi connectivity index (χ3v) is 3.45. The molecule has 0 spiro atoms. The van der Waals surface area contributed by atoms with E-state index in [0.717, 1.165) is 18.2 Å². The summed E-state index contributed by atoms with van der Waals surface area (Å²) in [4.78, 5) is 15.5. The normalized spacial score (nSPS) is 10.7. The van der Waals surface area contributed by atoms with Gasteiger partial charge in [0, 0.05) is 6.07 Å². The highest BCUT2D eigenvalue weighted by molar-refractivity contribution is 9.10. The molecule has 0 bridgehead atoms. The second kappa shape index (κ2) is 5.16. The van der Waals surface area contributed by atoms with Crippen molar-refractivity contribution < 1.29 is 8.78 Å². The van der Waals surface area contributed by atoms with Gasteiger partial charge in [-0.3, -0.25) is 9.36 Å². The molecule has 2 rings (SSSR count). The minimum Gasteiger partial charge on any atom is -0.294 e. The zero-order valence-electron chi connectivity index (χ0n) is 8.83. The summed E-state index contributed by atoms with van der Waals surface area (Å²) in [5.74, 6) is -1.39. The van der Waals surface area contributed by atoms with E-state index < -0.39 is 17.2 Å². The lowest BCUT2D eigenvalue weighted by Crippen LogP contribution is -2.22. The number of hydrogen-bond donors (Lipinski definition) is 0. The van der Waals surface area contributed by atoms with Crippen molar-refractivity contribution in [3.8, 4) is 0 Å². The fourth-order valence-corrected chi connectivity index (χ4v) is 1.91. The minimum absolute atomic E-state index is 0.0102. The summed E-state index contributed by atoms with van der Waals surface area (Å²) in [6.07, 6.45) is 1.22. The van der Waals surface area contributed by atoms with E-state index in [4.69, 9.17) is 11.6 Å². The Balaban J connectivity index is 2.40. The van der Waals surface area contributed by atoms with Crippen LogP contribution in [0.1, 0.15) is 5.56 Å². The molecule has 0 amide bonds. The van der Waals surface area contributed by atoms with E-state index in [0.29, 0.717) is 5.56 Å². The highest BCUT2D eigenvalue weighted by Crippen LogP contribution is 2.14. The maximum absolute atomic E-state index is 13.0. The first-order chi connectivity index (χ1) is 8.47. The smallest absolute Gasteiger partial charge is 0.269 e. The molecule has 0 unspecified atom stereocenters. The van der Waals surface area contributed by atoms with Gasteiger partial charge in [-0.2, -0.15) is 0 Å². The number of halogens is 4. The van der Waals surface area contributed by atoms with E-state index >= 15 is 0 Å². The number of benzene rings is 1. The van der Waals surface area contributed by atoms with Crippen LogP contribution in [0.3, 0.4) is 0 Å². The van der Waals surface area contributed by atoms with Crippen LogP contribution in [0.5, 0.6) is 0 Å². The Hall–Kier alpha value is -1.27. The lowest BCUT2D eigenvalue weighted by molar-refractivity contribution is 0.576. The molecule has 0 aliphatic rings. The summed E-state index contributed by atoms with van der Waals surface area (Å²) in [6, 6.07) is 3.07. The van der Waals surface area contributed by atoms with Crippen LogP contribution in [0.25, 0.3) is 0 Å². The maximum atomic E-state index is 13.0. The van der Waals surface area contributed by atoms with Crippen LogP contribution in [0.15, 0.2) is 33.8 Å². The highest BCUT2D eigenvalue weighted by atomic mass is 79.9. The Labute approximate surface area is 114 Å². The van der Waals surface area contributed by atoms with Crippen LogP contribution in [-0.4, -0.2) is 9.55 Å². The lowest BCUT2D eigenvalue weighted by atomic mass is 10.2. The Morgan fingerprint density at radius 3 is 2.50 bits per heavy atom. The molecule has 0 aliphatic carbocycles. The van der Waals surface area contributed by atoms with Crippen molar-refractivity contribution in [1.29, 1.82) is 0 Å². The molecule has 18 heavy (non-hydrogen) atoms. The second-order valence-electron chi connectivity index (χ2n) is 3.56. The molecule has 0 aliphatic heterocycles. The van der Waals surface area contributed by atoms with Crippen LogP contribution in [-0.2, 0) is 6.54 Å². The average Bonchev–Trinajstić information content (AvgIpc) is 2.29. The summed E-state index contributed by atoms with van der Waals surface area (Å²) in [7, 11) is 0. The molecule has 0 atom stereocenters. The van der Waals surface area contributed by atoms with Gasteiger partial charge in [0.25, 0.3) is 5.56 Å². The summed E-state index contributed by atoms with van der Waals surface area (Å²) in [6.45, 7) is 0.0102. The molecule has 94 valence electrons. The number of hydrogen-bond acceptors (Lipinski definition) is 2. The van der Waals surface area contributed by atoms with Gasteiger partial charge < -0.3 is 0 Å². The van der Waals surface area contributed by atoms with Gasteiger partial charge in [-0.25, -0.2) is 13.8 Å². The van der Waals surface area contributed by atoms with Crippen molar-refractivity contribution in [2.75, 3.05) is 0 Å². The van der Waals surface area contributed by atoms with Crippen molar-refractivity contribution in [1.82, 2.24) is 9.55 Å². The quantitative estimate of drug-likeness (QED) is 0.791. The SMILES string of the molecule is O=c1c(Br)c(Cl)ncn1Cc1cc(F)cc(F)c1. The topological polar surface area (TPSA) is 34.9 Å². The van der Waals surface area contributed by atoms with Gasteiger partial charge in [-0.15, -0.1) is 0 Å². The van der Waals surface area contributed by atoms with Crippen molar-refractivity contribution in [3.63, 3.8) is 0 Å². The standard InChI is InChI=1S/C11H6BrClF2N2O/c12-9-10(13)16-5-17(11(9)18)4-6-1-7(14)3-8(15)2-6/h1-3,5H,4H2. The molecule has 1 heterocycles. The van der Waals surface area contributed by atoms with Gasteiger partial charge in [0.1, 0.15) is 16.1 Å². The Morgan fingerprint density at radius 2 is 1.89 bits per heavy atom. The van der Waals surface area contributed by atoms with Crippen LogP contribution >= 0.6 is 27.5 Å². The Morgan fingerprint density at radius 1 is 1.28 bits per heavy atom. The van der Waals surface area contributed by atoms with Crippen molar-refractivity contribution in [2.24, 2.45) is 0 Å². The van der Waals surface area contributed by atoms with Crippen molar-refractivity contribution in [3.05, 3.63) is 61.7 Å². The molecule has 0 N–H and O–H groups in total. The van der Waals surface area contributed by atoms with E-state index in [9.17, 15) is 13.6 Å². The molecule has 7 heteroatoms. The van der Waals surface area contributed by atoms with E-state index in [2.05, 4.69) is 20.9 Å². The number of rotatable bonds is 2. The molecule has 0 fully saturated rings. The summed E-state index contributed by atoms with van der Waals surface area (Å²) < 4.78 is 27.3. The first kappa shape index (κ1) is 13.2. The molecule has 0 saturated heterocycles. The molecule has 0 radical (unpaired) electrons. The first-order valence-electron chi connectivity index (χ1n) is 4.83. The summed E-state index contributed by atoms with van der Waals surface area (Å²) in [5.41, 5.74) is -0.0923. The van der Waals surface area contributed by atoms with Gasteiger partial charge in [0.05, 0.1) is 12.9 Å². The van der Waals surface area contributed by atoms with Crippen LogP contribution in [0.4, 0.5) is 8.78 Å². The molecular weight excluding hydrogens is 329 g/mol. The predicted octanol–water partition coefficient (Wildman–Crippen LogP) is 2.99. The van der Waals surface area contributed by atoms with Crippen molar-refractivity contribution in [2.45, 2.75) is 6.54 Å². The van der Waals surface area contributed by atoms with E-state index in [1.54, 1.807) is 0 Å². The molecule has 1 aromatic carbocycles. The third kappa shape index (κ3) is 2.76. The second-order valence-corrected chi connectivity index (χ2v) is 4.71. The summed E-state index contributed by atoms with van der Waals surface area (Å²) >= 11 is 8.64. The van der Waals surface area contributed by atoms with E-state index in [-0.39, 0.29) is 16.2 Å². The van der Waals surface area contributed by atoms with Crippen molar-refractivity contribution >= 4 is 27.5 Å². The third-order valence-electron chi connectivity index (χ3n) is 2.22.